The SMILES string of the molecule is Cc1ccc(-c2csc3nc(CSc4nnc(C(C)C)n4C4CC4)[nH]c(=O)c23)s1. The number of rotatable bonds is 6. The van der Waals surface area contributed by atoms with Crippen LogP contribution in [0.2, 0.25) is 0 Å². The Bertz CT molecular complexity index is 1240. The standard InChI is InChI=1S/C20H21N5OS3/c1-10(2)17-23-24-20(25(17)12-5-6-12)28-9-15-21-18(26)16-13(8-27-19(16)22-15)14-7-4-11(3)29-14/h4,7-8,10,12H,5-6,9H2,1-3H3,(H,21,22,26). The first-order valence-corrected chi connectivity index (χ1v) is 12.3. The van der Waals surface area contributed by atoms with E-state index in [0.29, 0.717) is 28.9 Å². The monoisotopic (exact) mass is 443 g/mol. The number of nitrogens with one attached hydrogen (secondary N) is 1. The van der Waals surface area contributed by atoms with Crippen LogP contribution in [0.15, 0.2) is 27.5 Å². The van der Waals surface area contributed by atoms with Gasteiger partial charge in [0.1, 0.15) is 16.5 Å². The number of aromatic amines is 1. The molecule has 0 aromatic carbocycles. The van der Waals surface area contributed by atoms with Crippen LogP contribution in [0, 0.1) is 6.92 Å². The van der Waals surface area contributed by atoms with Gasteiger partial charge in [0, 0.05) is 32.7 Å². The van der Waals surface area contributed by atoms with Crippen LogP contribution in [-0.4, -0.2) is 24.7 Å². The topological polar surface area (TPSA) is 76.5 Å². The smallest absolute Gasteiger partial charge is 0.260 e. The van der Waals surface area contributed by atoms with Gasteiger partial charge >= 0.3 is 0 Å². The summed E-state index contributed by atoms with van der Waals surface area (Å²) in [5.41, 5.74) is 0.908. The number of hydrogen-bond acceptors (Lipinski definition) is 7. The lowest BCUT2D eigenvalue weighted by atomic mass is 10.2. The Morgan fingerprint density at radius 1 is 1.31 bits per heavy atom. The van der Waals surface area contributed by atoms with Crippen molar-refractivity contribution in [1.82, 2.24) is 24.7 Å². The molecule has 1 fully saturated rings. The number of H-pyrrole nitrogens is 1. The predicted molar refractivity (Wildman–Crippen MR) is 120 cm³/mol. The number of aryl methyl sites for hydroxylation is 1. The minimum absolute atomic E-state index is 0.0700. The maximum Gasteiger partial charge on any atom is 0.260 e. The molecule has 1 aliphatic rings. The van der Waals surface area contributed by atoms with E-state index in [2.05, 4.69) is 52.7 Å². The van der Waals surface area contributed by atoms with Crippen LogP contribution < -0.4 is 5.56 Å². The first-order valence-electron chi connectivity index (χ1n) is 9.66. The van der Waals surface area contributed by atoms with Gasteiger partial charge in [-0.3, -0.25) is 4.79 Å². The van der Waals surface area contributed by atoms with Crippen LogP contribution in [0.3, 0.4) is 0 Å². The third-order valence-corrected chi connectivity index (χ3v) is 7.82. The average molecular weight is 444 g/mol. The summed E-state index contributed by atoms with van der Waals surface area (Å²) in [5, 5.41) is 12.4. The lowest BCUT2D eigenvalue weighted by Gasteiger charge is -2.10. The summed E-state index contributed by atoms with van der Waals surface area (Å²) in [6.07, 6.45) is 2.37. The van der Waals surface area contributed by atoms with Crippen molar-refractivity contribution in [2.24, 2.45) is 0 Å². The summed E-state index contributed by atoms with van der Waals surface area (Å²) in [5.74, 6) is 2.64. The molecule has 0 aliphatic heterocycles. The molecule has 4 heterocycles. The Hall–Kier alpha value is -1.97. The van der Waals surface area contributed by atoms with Gasteiger partial charge in [-0.05, 0) is 31.9 Å². The number of thiophene rings is 2. The molecule has 0 unspecified atom stereocenters. The number of nitrogens with zero attached hydrogens (tertiary/aromatic N) is 4. The van der Waals surface area contributed by atoms with Gasteiger partial charge in [-0.15, -0.1) is 32.9 Å². The van der Waals surface area contributed by atoms with E-state index >= 15 is 0 Å². The number of fused-ring (bicyclic) bond motifs is 1. The van der Waals surface area contributed by atoms with Gasteiger partial charge in [-0.1, -0.05) is 25.6 Å². The molecule has 0 amide bonds. The molecular formula is C20H21N5OS3. The summed E-state index contributed by atoms with van der Waals surface area (Å²) in [7, 11) is 0. The molecule has 0 bridgehead atoms. The zero-order chi connectivity index (χ0) is 20.1. The second-order valence-electron chi connectivity index (χ2n) is 7.64. The Kier molecular flexibility index (Phi) is 4.84. The third kappa shape index (κ3) is 3.55. The third-order valence-electron chi connectivity index (χ3n) is 4.96. The highest BCUT2D eigenvalue weighted by Crippen LogP contribution is 2.40. The first-order chi connectivity index (χ1) is 14.0. The molecule has 4 aromatic heterocycles. The van der Waals surface area contributed by atoms with Crippen molar-refractivity contribution >= 4 is 44.7 Å². The van der Waals surface area contributed by atoms with Crippen molar-refractivity contribution in [3.05, 3.63) is 44.4 Å². The second-order valence-corrected chi connectivity index (χ2v) is 10.7. The lowest BCUT2D eigenvalue weighted by molar-refractivity contribution is 0.599. The van der Waals surface area contributed by atoms with E-state index in [0.717, 1.165) is 26.3 Å². The highest BCUT2D eigenvalue weighted by Gasteiger charge is 2.30. The van der Waals surface area contributed by atoms with E-state index in [9.17, 15) is 4.79 Å². The van der Waals surface area contributed by atoms with Crippen molar-refractivity contribution in [3.8, 4) is 10.4 Å². The zero-order valence-corrected chi connectivity index (χ0v) is 18.9. The second kappa shape index (κ2) is 7.37. The summed E-state index contributed by atoms with van der Waals surface area (Å²) >= 11 is 4.82. The van der Waals surface area contributed by atoms with Crippen molar-refractivity contribution in [3.63, 3.8) is 0 Å². The number of hydrogen-bond donors (Lipinski definition) is 1. The molecule has 0 atom stereocenters. The fourth-order valence-corrected chi connectivity index (χ4v) is 6.22. The normalized spacial score (nSPS) is 14.3. The predicted octanol–water partition coefficient (Wildman–Crippen LogP) is 5.36. The van der Waals surface area contributed by atoms with Crippen LogP contribution in [0.4, 0.5) is 0 Å². The van der Waals surface area contributed by atoms with Crippen molar-refractivity contribution in [2.45, 2.75) is 56.5 Å². The molecule has 9 heteroatoms. The van der Waals surface area contributed by atoms with Gasteiger partial charge < -0.3 is 9.55 Å². The van der Waals surface area contributed by atoms with E-state index < -0.39 is 0 Å². The van der Waals surface area contributed by atoms with Gasteiger partial charge in [-0.25, -0.2) is 4.98 Å². The van der Waals surface area contributed by atoms with E-state index in [-0.39, 0.29) is 5.56 Å². The Labute approximate surface area is 180 Å². The Morgan fingerprint density at radius 3 is 2.83 bits per heavy atom. The van der Waals surface area contributed by atoms with Gasteiger partial charge in [-0.2, -0.15) is 0 Å². The highest BCUT2D eigenvalue weighted by molar-refractivity contribution is 7.98. The molecular weight excluding hydrogens is 422 g/mol. The molecule has 0 saturated heterocycles. The quantitative estimate of drug-likeness (QED) is 0.406. The largest absolute Gasteiger partial charge is 0.309 e. The number of aromatic nitrogens is 5. The Morgan fingerprint density at radius 2 is 2.14 bits per heavy atom. The molecule has 0 spiro atoms. The summed E-state index contributed by atoms with van der Waals surface area (Å²) < 4.78 is 2.27. The van der Waals surface area contributed by atoms with Gasteiger partial charge in [0.05, 0.1) is 11.1 Å². The van der Waals surface area contributed by atoms with E-state index in [1.165, 1.54) is 29.1 Å². The molecule has 1 saturated carbocycles. The lowest BCUT2D eigenvalue weighted by Crippen LogP contribution is -2.11. The van der Waals surface area contributed by atoms with Gasteiger partial charge in [0.2, 0.25) is 0 Å². The first kappa shape index (κ1) is 19.0. The van der Waals surface area contributed by atoms with Crippen LogP contribution in [-0.2, 0) is 5.75 Å². The molecule has 1 N–H and O–H groups in total. The highest BCUT2D eigenvalue weighted by atomic mass is 32.2. The fraction of sp³-hybridized carbons (Fsp3) is 0.400. The van der Waals surface area contributed by atoms with Crippen LogP contribution in [0.5, 0.6) is 0 Å². The molecule has 4 aromatic rings. The fourth-order valence-electron chi connectivity index (χ4n) is 3.41. The average Bonchev–Trinajstić information content (AvgIpc) is 3.09. The molecule has 5 rings (SSSR count). The summed E-state index contributed by atoms with van der Waals surface area (Å²) in [6, 6.07) is 4.67. The van der Waals surface area contributed by atoms with Gasteiger partial charge in [0.15, 0.2) is 5.16 Å². The summed E-state index contributed by atoms with van der Waals surface area (Å²) in [6.45, 7) is 6.37. The zero-order valence-electron chi connectivity index (χ0n) is 16.4. The van der Waals surface area contributed by atoms with E-state index in [1.807, 2.05) is 5.38 Å². The van der Waals surface area contributed by atoms with Crippen molar-refractivity contribution in [1.29, 1.82) is 0 Å². The van der Waals surface area contributed by atoms with Crippen molar-refractivity contribution in [2.75, 3.05) is 0 Å². The number of thioether (sulfide) groups is 1. The van der Waals surface area contributed by atoms with Crippen molar-refractivity contribution < 1.29 is 0 Å². The molecule has 6 nitrogen and oxygen atoms in total. The van der Waals surface area contributed by atoms with Crippen LogP contribution in [0.1, 0.15) is 55.2 Å². The summed E-state index contributed by atoms with van der Waals surface area (Å²) in [4.78, 5) is 23.7. The minimum atomic E-state index is -0.0700. The molecule has 150 valence electrons. The van der Waals surface area contributed by atoms with Crippen LogP contribution >= 0.6 is 34.4 Å². The van der Waals surface area contributed by atoms with E-state index in [4.69, 9.17) is 4.98 Å². The maximum absolute atomic E-state index is 12.8. The van der Waals surface area contributed by atoms with Crippen LogP contribution in [0.25, 0.3) is 20.7 Å². The van der Waals surface area contributed by atoms with E-state index in [1.54, 1.807) is 23.1 Å². The minimum Gasteiger partial charge on any atom is -0.309 e. The maximum atomic E-state index is 12.8. The molecule has 0 radical (unpaired) electrons. The molecule has 1 aliphatic carbocycles. The Balaban J connectivity index is 1.43. The molecule has 29 heavy (non-hydrogen) atoms. The van der Waals surface area contributed by atoms with Gasteiger partial charge in [0.25, 0.3) is 5.56 Å².